The first-order chi connectivity index (χ1) is 12.6. The summed E-state index contributed by atoms with van der Waals surface area (Å²) in [4.78, 5) is 0. The zero-order valence-corrected chi connectivity index (χ0v) is 15.9. The molecule has 4 rings (SSSR count). The fourth-order valence-corrected chi connectivity index (χ4v) is 4.93. The molecular weight excluding hydrogens is 338 g/mol. The van der Waals surface area contributed by atoms with Crippen molar-refractivity contribution in [3.05, 3.63) is 83.9 Å². The third-order valence-corrected chi connectivity index (χ3v) is 6.41. The highest BCUT2D eigenvalue weighted by molar-refractivity contribution is 7.25. The highest BCUT2D eigenvalue weighted by Crippen LogP contribution is 2.41. The number of rotatable bonds is 5. The monoisotopic (exact) mass is 361 g/mol. The molecule has 0 bridgehead atoms. The van der Waals surface area contributed by atoms with Crippen LogP contribution in [0.5, 0.6) is 0 Å². The van der Waals surface area contributed by atoms with Gasteiger partial charge in [-0.1, -0.05) is 61.5 Å². The highest BCUT2D eigenvalue weighted by Gasteiger charge is 2.37. The molecule has 26 heavy (non-hydrogen) atoms. The van der Waals surface area contributed by atoms with E-state index in [4.69, 9.17) is 0 Å². The smallest absolute Gasteiger partial charge is 0.118 e. The molecule has 0 saturated carbocycles. The number of benzene rings is 3. The lowest BCUT2D eigenvalue weighted by Crippen LogP contribution is -2.39. The van der Waals surface area contributed by atoms with Crippen LogP contribution in [0.2, 0.25) is 0 Å². The van der Waals surface area contributed by atoms with Gasteiger partial charge in [-0.3, -0.25) is 0 Å². The Labute approximate surface area is 158 Å². The average molecular weight is 362 g/mol. The number of aliphatic hydroxyl groups is 1. The molecule has 4 aromatic rings. The summed E-state index contributed by atoms with van der Waals surface area (Å²) < 4.78 is 2.54. The van der Waals surface area contributed by atoms with E-state index in [1.54, 1.807) is 11.3 Å². The first kappa shape index (κ1) is 17.2. The normalized spacial score (nSPS) is 15.2. The van der Waals surface area contributed by atoms with Crippen molar-refractivity contribution in [3.8, 4) is 0 Å². The van der Waals surface area contributed by atoms with E-state index in [0.717, 1.165) is 17.7 Å². The van der Waals surface area contributed by atoms with Crippen LogP contribution in [-0.4, -0.2) is 18.7 Å². The molecule has 0 aliphatic carbocycles. The van der Waals surface area contributed by atoms with Crippen molar-refractivity contribution in [1.29, 1.82) is 0 Å². The number of hydrogen-bond acceptors (Lipinski definition) is 3. The van der Waals surface area contributed by atoms with Gasteiger partial charge < -0.3 is 10.4 Å². The molecule has 0 fully saturated rings. The van der Waals surface area contributed by atoms with Crippen LogP contribution < -0.4 is 5.32 Å². The molecule has 1 heterocycles. The van der Waals surface area contributed by atoms with Gasteiger partial charge in [0.05, 0.1) is 0 Å². The van der Waals surface area contributed by atoms with Crippen LogP contribution in [-0.2, 0) is 5.60 Å². The first-order valence-corrected chi connectivity index (χ1v) is 9.80. The molecule has 132 valence electrons. The molecular formula is C23H23NOS. The van der Waals surface area contributed by atoms with Crippen LogP contribution in [0.1, 0.15) is 18.1 Å². The van der Waals surface area contributed by atoms with E-state index in [1.807, 2.05) is 37.4 Å². The van der Waals surface area contributed by atoms with E-state index in [-0.39, 0.29) is 5.92 Å². The standard InChI is InChI=1S/C23H23NOS/c1-16(15-24-2)23(25,17-8-4-3-5-9-17)18-12-13-22-20(14-18)19-10-6-7-11-21(19)26-22/h3-14,16,24-25H,15H2,1-2H3. The number of hydrogen-bond donors (Lipinski definition) is 2. The number of nitrogens with one attached hydrogen (secondary N) is 1. The van der Waals surface area contributed by atoms with Crippen molar-refractivity contribution in [3.63, 3.8) is 0 Å². The Morgan fingerprint density at radius 2 is 1.58 bits per heavy atom. The minimum Gasteiger partial charge on any atom is -0.380 e. The topological polar surface area (TPSA) is 32.3 Å². The minimum absolute atomic E-state index is 0.0252. The second kappa shape index (κ2) is 6.84. The van der Waals surface area contributed by atoms with Crippen LogP contribution in [0.3, 0.4) is 0 Å². The lowest BCUT2D eigenvalue weighted by atomic mass is 9.76. The Morgan fingerprint density at radius 3 is 2.35 bits per heavy atom. The second-order valence-electron chi connectivity index (χ2n) is 6.90. The fraction of sp³-hybridized carbons (Fsp3) is 0.217. The van der Waals surface area contributed by atoms with Crippen LogP contribution in [0, 0.1) is 5.92 Å². The summed E-state index contributed by atoms with van der Waals surface area (Å²) in [7, 11) is 1.93. The van der Waals surface area contributed by atoms with Gasteiger partial charge in [-0.15, -0.1) is 11.3 Å². The van der Waals surface area contributed by atoms with Crippen molar-refractivity contribution in [2.75, 3.05) is 13.6 Å². The van der Waals surface area contributed by atoms with E-state index in [1.165, 1.54) is 20.2 Å². The molecule has 2 atom stereocenters. The Hall–Kier alpha value is -2.20. The van der Waals surface area contributed by atoms with Crippen LogP contribution >= 0.6 is 11.3 Å². The Bertz CT molecular complexity index is 1040. The lowest BCUT2D eigenvalue weighted by Gasteiger charge is -2.35. The van der Waals surface area contributed by atoms with Crippen molar-refractivity contribution in [2.45, 2.75) is 12.5 Å². The van der Waals surface area contributed by atoms with Gasteiger partial charge in [0.15, 0.2) is 0 Å². The molecule has 0 saturated heterocycles. The van der Waals surface area contributed by atoms with E-state index < -0.39 is 5.60 Å². The average Bonchev–Trinajstić information content (AvgIpc) is 3.06. The highest BCUT2D eigenvalue weighted by atomic mass is 32.1. The molecule has 0 amide bonds. The van der Waals surface area contributed by atoms with Crippen LogP contribution in [0.4, 0.5) is 0 Å². The summed E-state index contributed by atoms with van der Waals surface area (Å²) in [6.07, 6.45) is 0. The maximum atomic E-state index is 11.9. The molecule has 2 nitrogen and oxygen atoms in total. The van der Waals surface area contributed by atoms with E-state index in [0.29, 0.717) is 0 Å². The summed E-state index contributed by atoms with van der Waals surface area (Å²) in [5.41, 5.74) is 0.839. The third-order valence-electron chi connectivity index (χ3n) is 5.25. The van der Waals surface area contributed by atoms with Gasteiger partial charge in [0.2, 0.25) is 0 Å². The van der Waals surface area contributed by atoms with E-state index in [9.17, 15) is 5.11 Å². The second-order valence-corrected chi connectivity index (χ2v) is 7.98. The molecule has 3 aromatic carbocycles. The molecule has 2 unspecified atom stereocenters. The lowest BCUT2D eigenvalue weighted by molar-refractivity contribution is 0.0250. The first-order valence-electron chi connectivity index (χ1n) is 8.99. The summed E-state index contributed by atoms with van der Waals surface area (Å²) in [6.45, 7) is 2.83. The van der Waals surface area contributed by atoms with E-state index in [2.05, 4.69) is 54.7 Å². The molecule has 0 aliphatic heterocycles. The van der Waals surface area contributed by atoms with Crippen molar-refractivity contribution < 1.29 is 5.11 Å². The molecule has 2 N–H and O–H groups in total. The van der Waals surface area contributed by atoms with Gasteiger partial charge >= 0.3 is 0 Å². The fourth-order valence-electron chi connectivity index (χ4n) is 3.84. The van der Waals surface area contributed by atoms with Crippen molar-refractivity contribution in [2.24, 2.45) is 5.92 Å². The van der Waals surface area contributed by atoms with Gasteiger partial charge in [0.25, 0.3) is 0 Å². The molecule has 0 spiro atoms. The van der Waals surface area contributed by atoms with Crippen LogP contribution in [0.15, 0.2) is 72.8 Å². The summed E-state index contributed by atoms with van der Waals surface area (Å²) >= 11 is 1.80. The predicted octanol–water partition coefficient (Wildman–Crippen LogP) is 5.15. The summed E-state index contributed by atoms with van der Waals surface area (Å²) in [6, 6.07) is 24.9. The quantitative estimate of drug-likeness (QED) is 0.515. The Balaban J connectivity index is 1.94. The molecule has 1 aromatic heterocycles. The third kappa shape index (κ3) is 2.73. The molecule has 0 radical (unpaired) electrons. The Kier molecular flexibility index (Phi) is 4.53. The van der Waals surface area contributed by atoms with Crippen LogP contribution in [0.25, 0.3) is 20.2 Å². The van der Waals surface area contributed by atoms with Gasteiger partial charge in [-0.05, 0) is 36.4 Å². The van der Waals surface area contributed by atoms with Crippen molar-refractivity contribution in [1.82, 2.24) is 5.32 Å². The van der Waals surface area contributed by atoms with Gasteiger partial charge in [-0.2, -0.15) is 0 Å². The zero-order valence-electron chi connectivity index (χ0n) is 15.1. The molecule has 0 aliphatic rings. The Morgan fingerprint density at radius 1 is 0.885 bits per heavy atom. The van der Waals surface area contributed by atoms with E-state index >= 15 is 0 Å². The minimum atomic E-state index is -1.04. The zero-order chi connectivity index (χ0) is 18.1. The van der Waals surface area contributed by atoms with Gasteiger partial charge in [0, 0.05) is 32.6 Å². The predicted molar refractivity (Wildman–Crippen MR) is 112 cm³/mol. The van der Waals surface area contributed by atoms with Gasteiger partial charge in [0.1, 0.15) is 5.60 Å². The molecule has 3 heteroatoms. The maximum absolute atomic E-state index is 11.9. The summed E-state index contributed by atoms with van der Waals surface area (Å²) in [5, 5.41) is 17.6. The van der Waals surface area contributed by atoms with Crippen molar-refractivity contribution >= 4 is 31.5 Å². The maximum Gasteiger partial charge on any atom is 0.118 e. The summed E-state index contributed by atoms with van der Waals surface area (Å²) in [5.74, 6) is 0.0252. The SMILES string of the molecule is CNCC(C)C(O)(c1ccccc1)c1ccc2sc3ccccc3c2c1. The van der Waals surface area contributed by atoms with Gasteiger partial charge in [-0.25, -0.2) is 0 Å². The number of thiophene rings is 1. The number of fused-ring (bicyclic) bond motifs is 3. The largest absolute Gasteiger partial charge is 0.380 e.